The first-order valence-electron chi connectivity index (χ1n) is 10.9. The minimum absolute atomic E-state index is 0.0188. The molecule has 3 heteroatoms. The van der Waals surface area contributed by atoms with Crippen LogP contribution in [0.2, 0.25) is 0 Å². The lowest BCUT2D eigenvalue weighted by Gasteiger charge is -2.40. The van der Waals surface area contributed by atoms with Crippen LogP contribution in [0.1, 0.15) is 67.9 Å². The smallest absolute Gasteiger partial charge is 0.251 e. The molecule has 2 aromatic rings. The van der Waals surface area contributed by atoms with E-state index in [0.29, 0.717) is 12.1 Å². The minimum Gasteiger partial charge on any atom is -0.388 e. The summed E-state index contributed by atoms with van der Waals surface area (Å²) < 4.78 is 0. The SMILES string of the molecule is C=Cc1cc(C(=O)NCC2(c3ccccc3)CCC(C)CC2)ccc1NC.CC. The molecule has 1 fully saturated rings. The maximum absolute atomic E-state index is 12.8. The van der Waals surface area contributed by atoms with Crippen molar-refractivity contribution in [2.75, 3.05) is 18.9 Å². The summed E-state index contributed by atoms with van der Waals surface area (Å²) in [5.74, 6) is 0.747. The number of carbonyl (C=O) groups is 1. The molecule has 3 rings (SSSR count). The quantitative estimate of drug-likeness (QED) is 0.608. The Labute approximate surface area is 176 Å². The molecule has 1 amide bonds. The van der Waals surface area contributed by atoms with Crippen LogP contribution in [-0.4, -0.2) is 19.5 Å². The molecule has 2 N–H and O–H groups in total. The van der Waals surface area contributed by atoms with E-state index in [9.17, 15) is 4.79 Å². The van der Waals surface area contributed by atoms with Crippen molar-refractivity contribution in [1.29, 1.82) is 0 Å². The van der Waals surface area contributed by atoms with Gasteiger partial charge < -0.3 is 10.6 Å². The topological polar surface area (TPSA) is 41.1 Å². The Morgan fingerprint density at radius 1 is 1.14 bits per heavy atom. The number of anilines is 1. The summed E-state index contributed by atoms with van der Waals surface area (Å²) in [6.45, 7) is 10.9. The molecule has 0 saturated heterocycles. The second kappa shape index (κ2) is 10.8. The van der Waals surface area contributed by atoms with E-state index in [-0.39, 0.29) is 11.3 Å². The predicted molar refractivity (Wildman–Crippen MR) is 126 cm³/mol. The van der Waals surface area contributed by atoms with E-state index >= 15 is 0 Å². The van der Waals surface area contributed by atoms with Crippen molar-refractivity contribution in [3.8, 4) is 0 Å². The Kier molecular flexibility index (Phi) is 8.50. The normalized spacial score (nSPS) is 20.8. The maximum atomic E-state index is 12.8. The van der Waals surface area contributed by atoms with Crippen LogP contribution in [0.3, 0.4) is 0 Å². The van der Waals surface area contributed by atoms with Crippen LogP contribution in [-0.2, 0) is 5.41 Å². The Morgan fingerprint density at radius 3 is 2.38 bits per heavy atom. The molecule has 1 aliphatic rings. The molecule has 29 heavy (non-hydrogen) atoms. The van der Waals surface area contributed by atoms with Gasteiger partial charge in [-0.1, -0.05) is 63.8 Å². The van der Waals surface area contributed by atoms with E-state index in [1.165, 1.54) is 18.4 Å². The Bertz CT molecular complexity index is 790. The largest absolute Gasteiger partial charge is 0.388 e. The lowest BCUT2D eigenvalue weighted by molar-refractivity contribution is 0.0933. The van der Waals surface area contributed by atoms with Crippen molar-refractivity contribution in [1.82, 2.24) is 5.32 Å². The number of hydrogen-bond donors (Lipinski definition) is 2. The highest BCUT2D eigenvalue weighted by molar-refractivity contribution is 5.95. The molecular formula is C26H36N2O. The van der Waals surface area contributed by atoms with E-state index in [0.717, 1.165) is 30.0 Å². The van der Waals surface area contributed by atoms with E-state index in [4.69, 9.17) is 0 Å². The summed E-state index contributed by atoms with van der Waals surface area (Å²) >= 11 is 0. The van der Waals surface area contributed by atoms with E-state index in [1.54, 1.807) is 6.08 Å². The highest BCUT2D eigenvalue weighted by atomic mass is 16.1. The van der Waals surface area contributed by atoms with Crippen LogP contribution in [0, 0.1) is 5.92 Å². The number of amides is 1. The Hall–Kier alpha value is -2.55. The third kappa shape index (κ3) is 5.50. The minimum atomic E-state index is -0.0188. The second-order valence-electron chi connectivity index (χ2n) is 7.77. The molecule has 3 nitrogen and oxygen atoms in total. The summed E-state index contributed by atoms with van der Waals surface area (Å²) in [4.78, 5) is 12.8. The van der Waals surface area contributed by atoms with Crippen molar-refractivity contribution in [2.24, 2.45) is 5.92 Å². The first-order chi connectivity index (χ1) is 14.1. The lowest BCUT2D eigenvalue weighted by atomic mass is 9.67. The Morgan fingerprint density at radius 2 is 1.79 bits per heavy atom. The molecule has 156 valence electrons. The maximum Gasteiger partial charge on any atom is 0.251 e. The van der Waals surface area contributed by atoms with Crippen LogP contribution in [0.4, 0.5) is 5.69 Å². The van der Waals surface area contributed by atoms with Crippen LogP contribution in [0.25, 0.3) is 6.08 Å². The second-order valence-corrected chi connectivity index (χ2v) is 7.77. The van der Waals surface area contributed by atoms with Gasteiger partial charge in [-0.2, -0.15) is 0 Å². The van der Waals surface area contributed by atoms with Crippen LogP contribution in [0.15, 0.2) is 55.1 Å². The van der Waals surface area contributed by atoms with Gasteiger partial charge in [-0.05, 0) is 60.9 Å². The highest BCUT2D eigenvalue weighted by Crippen LogP contribution is 2.41. The third-order valence-electron chi connectivity index (χ3n) is 6.01. The summed E-state index contributed by atoms with van der Waals surface area (Å²) in [6, 6.07) is 16.4. The van der Waals surface area contributed by atoms with Crippen molar-refractivity contribution in [2.45, 2.75) is 51.9 Å². The molecule has 2 aromatic carbocycles. The molecule has 0 radical (unpaired) electrons. The molecule has 1 aliphatic carbocycles. The molecule has 0 bridgehead atoms. The van der Waals surface area contributed by atoms with Crippen molar-refractivity contribution in [3.63, 3.8) is 0 Å². The van der Waals surface area contributed by atoms with Crippen LogP contribution in [0.5, 0.6) is 0 Å². The van der Waals surface area contributed by atoms with E-state index < -0.39 is 0 Å². The molecule has 0 atom stereocenters. The predicted octanol–water partition coefficient (Wildman–Crippen LogP) is 6.28. The van der Waals surface area contributed by atoms with Gasteiger partial charge in [0.2, 0.25) is 0 Å². The first kappa shape index (κ1) is 22.7. The zero-order valence-corrected chi connectivity index (χ0v) is 18.4. The fraction of sp³-hybridized carbons (Fsp3) is 0.423. The van der Waals surface area contributed by atoms with Gasteiger partial charge in [0.15, 0.2) is 0 Å². The lowest BCUT2D eigenvalue weighted by Crippen LogP contribution is -2.43. The van der Waals surface area contributed by atoms with Gasteiger partial charge in [0.1, 0.15) is 0 Å². The molecular weight excluding hydrogens is 356 g/mol. The summed E-state index contributed by atoms with van der Waals surface area (Å²) in [7, 11) is 1.87. The average Bonchev–Trinajstić information content (AvgIpc) is 2.80. The highest BCUT2D eigenvalue weighted by Gasteiger charge is 2.36. The van der Waals surface area contributed by atoms with E-state index in [1.807, 2.05) is 39.1 Å². The summed E-state index contributed by atoms with van der Waals surface area (Å²) in [5.41, 5.74) is 3.97. The van der Waals surface area contributed by atoms with Gasteiger partial charge in [-0.15, -0.1) is 0 Å². The molecule has 0 spiro atoms. The van der Waals surface area contributed by atoms with Crippen LogP contribution >= 0.6 is 0 Å². The molecule has 0 heterocycles. The third-order valence-corrected chi connectivity index (χ3v) is 6.01. The van der Waals surface area contributed by atoms with Gasteiger partial charge in [-0.25, -0.2) is 0 Å². The van der Waals surface area contributed by atoms with Gasteiger partial charge in [0.05, 0.1) is 0 Å². The van der Waals surface area contributed by atoms with E-state index in [2.05, 4.69) is 54.5 Å². The number of rotatable bonds is 6. The van der Waals surface area contributed by atoms with Crippen LogP contribution < -0.4 is 10.6 Å². The Balaban J connectivity index is 0.00000145. The number of hydrogen-bond acceptors (Lipinski definition) is 2. The number of nitrogens with one attached hydrogen (secondary N) is 2. The number of benzene rings is 2. The first-order valence-corrected chi connectivity index (χ1v) is 10.9. The van der Waals surface area contributed by atoms with Crippen molar-refractivity contribution in [3.05, 3.63) is 71.8 Å². The van der Waals surface area contributed by atoms with Gasteiger partial charge in [-0.3, -0.25) is 4.79 Å². The summed E-state index contributed by atoms with van der Waals surface area (Å²) in [6.07, 6.45) is 6.44. The van der Waals surface area contributed by atoms with Crippen molar-refractivity contribution >= 4 is 17.7 Å². The van der Waals surface area contributed by atoms with Gasteiger partial charge in [0, 0.05) is 30.3 Å². The fourth-order valence-corrected chi connectivity index (χ4v) is 4.13. The fourth-order valence-electron chi connectivity index (χ4n) is 4.13. The zero-order chi connectivity index (χ0) is 21.3. The molecule has 0 aliphatic heterocycles. The molecule has 1 saturated carbocycles. The van der Waals surface area contributed by atoms with Crippen molar-refractivity contribution < 1.29 is 4.79 Å². The molecule has 0 aromatic heterocycles. The summed E-state index contributed by atoms with van der Waals surface area (Å²) in [5, 5.41) is 6.34. The monoisotopic (exact) mass is 392 g/mol. The standard InChI is InChI=1S/C24H30N2O.C2H6/c1-4-19-16-20(10-11-22(19)25-3)23(27)26-17-24(14-12-18(2)13-15-24)21-8-6-5-7-9-21;1-2/h4-11,16,18,25H,1,12-15,17H2,2-3H3,(H,26,27);1-2H3. The zero-order valence-electron chi connectivity index (χ0n) is 18.4. The van der Waals surface area contributed by atoms with Gasteiger partial charge >= 0.3 is 0 Å². The van der Waals surface area contributed by atoms with Gasteiger partial charge in [0.25, 0.3) is 5.91 Å². The molecule has 0 unspecified atom stereocenters. The number of carbonyl (C=O) groups excluding carboxylic acids is 1. The average molecular weight is 393 g/mol.